The summed E-state index contributed by atoms with van der Waals surface area (Å²) in [7, 11) is 0. The number of aryl methyl sites for hydroxylation is 1. The van der Waals surface area contributed by atoms with Crippen LogP contribution in [0, 0.1) is 0 Å². The molecule has 2 aromatic rings. The molecule has 5 nitrogen and oxygen atoms in total. The molecule has 0 fully saturated rings. The summed E-state index contributed by atoms with van der Waals surface area (Å²) in [6, 6.07) is 3.57. The van der Waals surface area contributed by atoms with Gasteiger partial charge in [-0.25, -0.2) is 0 Å². The maximum atomic E-state index is 5.84. The van der Waals surface area contributed by atoms with Crippen LogP contribution < -0.4 is 10.5 Å². The average Bonchev–Trinajstić information content (AvgIpc) is 2.47. The second kappa shape index (κ2) is 6.38. The smallest absolute Gasteiger partial charge is 0.249 e. The lowest BCUT2D eigenvalue weighted by atomic mass is 10.0. The Labute approximate surface area is 123 Å². The van der Waals surface area contributed by atoms with Gasteiger partial charge < -0.3 is 10.5 Å². The third kappa shape index (κ3) is 2.91. The largest absolute Gasteiger partial charge is 0.435 e. The average molecular weight is 288 g/mol. The quantitative estimate of drug-likeness (QED) is 0.852. The number of rotatable bonds is 5. The maximum Gasteiger partial charge on any atom is 0.249 e. The molecule has 0 atom stereocenters. The Morgan fingerprint density at radius 2 is 2.10 bits per heavy atom. The van der Waals surface area contributed by atoms with Crippen LogP contribution in [0.5, 0.6) is 11.6 Å². The Kier molecular flexibility index (Phi) is 4.57. The lowest BCUT2D eigenvalue weighted by Gasteiger charge is -2.14. The van der Waals surface area contributed by atoms with Gasteiger partial charge in [-0.05, 0) is 30.5 Å². The van der Waals surface area contributed by atoms with Crippen molar-refractivity contribution in [2.24, 2.45) is 5.73 Å². The Hall–Kier alpha value is -2.08. The summed E-state index contributed by atoms with van der Waals surface area (Å²) in [6.45, 7) is 4.06. The number of hydrogen-bond donors (Lipinski definition) is 1. The lowest BCUT2D eigenvalue weighted by Crippen LogP contribution is -2.17. The molecule has 0 aromatic carbocycles. The number of hydrogen-bond acceptors (Lipinski definition) is 5. The van der Waals surface area contributed by atoms with Crippen LogP contribution in [0.1, 0.15) is 30.7 Å². The predicted octanol–water partition coefficient (Wildman–Crippen LogP) is 2.42. The molecule has 0 amide bonds. The summed E-state index contributed by atoms with van der Waals surface area (Å²) in [4.78, 5) is 4.26. The van der Waals surface area contributed by atoms with Crippen LogP contribution in [-0.4, -0.2) is 20.2 Å². The minimum Gasteiger partial charge on any atom is -0.435 e. The molecule has 0 bridgehead atoms. The van der Waals surface area contributed by atoms with E-state index in [1.165, 1.54) is 0 Å². The Balaban J connectivity index is 2.50. The first-order valence-electron chi connectivity index (χ1n) is 6.43. The van der Waals surface area contributed by atoms with Crippen LogP contribution in [0.25, 0.3) is 0 Å². The van der Waals surface area contributed by atoms with Gasteiger partial charge in [0.05, 0.1) is 17.5 Å². The van der Waals surface area contributed by atoms with Crippen molar-refractivity contribution in [3.63, 3.8) is 0 Å². The fraction of sp³-hybridized carbons (Fsp3) is 0.286. The van der Waals surface area contributed by atoms with Gasteiger partial charge in [-0.2, -0.15) is 5.10 Å². The molecular formula is C14H16N4OS. The number of ether oxygens (including phenoxy) is 1. The molecule has 6 heteroatoms. The van der Waals surface area contributed by atoms with Crippen molar-refractivity contribution in [3.8, 4) is 11.6 Å². The van der Waals surface area contributed by atoms with E-state index in [9.17, 15) is 0 Å². The van der Waals surface area contributed by atoms with Crippen LogP contribution in [0.15, 0.2) is 24.5 Å². The molecule has 0 saturated heterocycles. The monoisotopic (exact) mass is 288 g/mol. The fourth-order valence-electron chi connectivity index (χ4n) is 2.00. The molecule has 2 aromatic heterocycles. The molecule has 0 radical (unpaired) electrons. The number of nitrogens with zero attached hydrogens (tertiary/aromatic N) is 3. The summed E-state index contributed by atoms with van der Waals surface area (Å²) >= 11 is 5.14. The number of thiocarbonyl (C=S) groups is 1. The van der Waals surface area contributed by atoms with Gasteiger partial charge in [-0.15, -0.1) is 5.10 Å². The van der Waals surface area contributed by atoms with Crippen LogP contribution in [0.3, 0.4) is 0 Å². The highest BCUT2D eigenvalue weighted by Gasteiger charge is 2.18. The summed E-state index contributed by atoms with van der Waals surface area (Å²) in [5.41, 5.74) is 8.39. The van der Waals surface area contributed by atoms with Gasteiger partial charge in [0.1, 0.15) is 10.7 Å². The molecule has 2 N–H and O–H groups in total. The topological polar surface area (TPSA) is 73.9 Å². The van der Waals surface area contributed by atoms with Crippen LogP contribution in [-0.2, 0) is 12.8 Å². The standard InChI is InChI=1S/C14H16N4OS/c1-3-10-11(4-2)17-18-14(12(10)13(15)20)19-9-6-5-7-16-8-9/h5-8H,3-4H2,1-2H3,(H2,15,20). The molecule has 0 spiro atoms. The highest BCUT2D eigenvalue weighted by Crippen LogP contribution is 2.26. The molecule has 2 rings (SSSR count). The van der Waals surface area contributed by atoms with Crippen molar-refractivity contribution < 1.29 is 4.74 Å². The van der Waals surface area contributed by atoms with Crippen molar-refractivity contribution in [1.82, 2.24) is 15.2 Å². The van der Waals surface area contributed by atoms with Gasteiger partial charge in [0, 0.05) is 6.20 Å². The van der Waals surface area contributed by atoms with E-state index in [1.54, 1.807) is 24.5 Å². The van der Waals surface area contributed by atoms with Gasteiger partial charge in [0.25, 0.3) is 0 Å². The van der Waals surface area contributed by atoms with Crippen molar-refractivity contribution >= 4 is 17.2 Å². The zero-order valence-electron chi connectivity index (χ0n) is 11.5. The van der Waals surface area contributed by atoms with E-state index in [0.717, 1.165) is 24.1 Å². The second-order valence-electron chi connectivity index (χ2n) is 4.17. The Bertz CT molecular complexity index is 616. The minimum absolute atomic E-state index is 0.269. The summed E-state index contributed by atoms with van der Waals surface area (Å²) in [6.07, 6.45) is 4.82. The van der Waals surface area contributed by atoms with E-state index in [1.807, 2.05) is 13.8 Å². The van der Waals surface area contributed by atoms with E-state index in [4.69, 9.17) is 22.7 Å². The summed E-state index contributed by atoms with van der Waals surface area (Å²) < 4.78 is 5.71. The lowest BCUT2D eigenvalue weighted by molar-refractivity contribution is 0.449. The van der Waals surface area contributed by atoms with Gasteiger partial charge >= 0.3 is 0 Å². The maximum absolute atomic E-state index is 5.84. The molecule has 20 heavy (non-hydrogen) atoms. The van der Waals surface area contributed by atoms with E-state index >= 15 is 0 Å². The highest BCUT2D eigenvalue weighted by molar-refractivity contribution is 7.80. The van der Waals surface area contributed by atoms with E-state index in [2.05, 4.69) is 15.2 Å². The van der Waals surface area contributed by atoms with E-state index in [0.29, 0.717) is 17.2 Å². The first-order chi connectivity index (χ1) is 9.67. The third-order valence-corrected chi connectivity index (χ3v) is 3.11. The molecule has 2 heterocycles. The van der Waals surface area contributed by atoms with Gasteiger partial charge in [0.15, 0.2) is 0 Å². The van der Waals surface area contributed by atoms with Crippen molar-refractivity contribution in [2.45, 2.75) is 26.7 Å². The highest BCUT2D eigenvalue weighted by atomic mass is 32.1. The minimum atomic E-state index is 0.269. The van der Waals surface area contributed by atoms with Crippen LogP contribution >= 0.6 is 12.2 Å². The van der Waals surface area contributed by atoms with Gasteiger partial charge in [-0.3, -0.25) is 4.98 Å². The number of nitrogens with two attached hydrogens (primary N) is 1. The van der Waals surface area contributed by atoms with Crippen molar-refractivity contribution in [3.05, 3.63) is 41.3 Å². The zero-order valence-corrected chi connectivity index (χ0v) is 12.3. The summed E-state index contributed by atoms with van der Waals surface area (Å²) in [5.74, 6) is 0.908. The molecule has 0 aliphatic carbocycles. The first kappa shape index (κ1) is 14.3. The normalized spacial score (nSPS) is 10.3. The molecule has 104 valence electrons. The second-order valence-corrected chi connectivity index (χ2v) is 4.61. The Morgan fingerprint density at radius 3 is 2.65 bits per heavy atom. The van der Waals surface area contributed by atoms with E-state index < -0.39 is 0 Å². The predicted molar refractivity (Wildman–Crippen MR) is 81.0 cm³/mol. The molecular weight excluding hydrogens is 272 g/mol. The van der Waals surface area contributed by atoms with Crippen molar-refractivity contribution in [1.29, 1.82) is 0 Å². The molecule has 0 aliphatic rings. The van der Waals surface area contributed by atoms with Gasteiger partial charge in [0.2, 0.25) is 5.88 Å². The van der Waals surface area contributed by atoms with Crippen LogP contribution in [0.2, 0.25) is 0 Å². The van der Waals surface area contributed by atoms with Crippen molar-refractivity contribution in [2.75, 3.05) is 0 Å². The molecule has 0 aliphatic heterocycles. The molecule has 0 unspecified atom stereocenters. The summed E-state index contributed by atoms with van der Waals surface area (Å²) in [5, 5.41) is 8.30. The Morgan fingerprint density at radius 1 is 1.30 bits per heavy atom. The number of pyridine rings is 1. The zero-order chi connectivity index (χ0) is 14.5. The van der Waals surface area contributed by atoms with E-state index in [-0.39, 0.29) is 4.99 Å². The number of aromatic nitrogens is 3. The van der Waals surface area contributed by atoms with Gasteiger partial charge in [-0.1, -0.05) is 26.1 Å². The third-order valence-electron chi connectivity index (χ3n) is 2.91. The van der Waals surface area contributed by atoms with Crippen LogP contribution in [0.4, 0.5) is 0 Å². The SMILES string of the molecule is CCc1nnc(Oc2cccnc2)c(C(N)=S)c1CC. The first-order valence-corrected chi connectivity index (χ1v) is 6.84. The molecule has 0 saturated carbocycles. The fourth-order valence-corrected chi connectivity index (χ4v) is 2.21.